The van der Waals surface area contributed by atoms with Gasteiger partial charge < -0.3 is 10.2 Å². The molecule has 5 nitrogen and oxygen atoms in total. The summed E-state index contributed by atoms with van der Waals surface area (Å²) in [5, 5.41) is 11.7. The van der Waals surface area contributed by atoms with Crippen molar-refractivity contribution in [1.82, 2.24) is 10.2 Å². The zero-order valence-electron chi connectivity index (χ0n) is 13.7. The fourth-order valence-corrected chi connectivity index (χ4v) is 2.53. The fourth-order valence-electron chi connectivity index (χ4n) is 2.33. The number of nitrogens with zero attached hydrogens (tertiary/aromatic N) is 3. The number of aromatic nitrogens is 2. The Bertz CT molecular complexity index is 853. The largest absolute Gasteiger partial charge is 0.354 e. The highest BCUT2D eigenvalue weighted by molar-refractivity contribution is 6.31. The van der Waals surface area contributed by atoms with E-state index in [2.05, 4.69) is 15.5 Å². The van der Waals surface area contributed by atoms with E-state index in [-0.39, 0.29) is 11.6 Å². The molecular formula is C19H17ClN4O. The van der Waals surface area contributed by atoms with Gasteiger partial charge in [0.15, 0.2) is 11.5 Å². The summed E-state index contributed by atoms with van der Waals surface area (Å²) in [4.78, 5) is 14.1. The second-order valence-corrected chi connectivity index (χ2v) is 5.95. The number of benzene rings is 2. The second kappa shape index (κ2) is 7.77. The van der Waals surface area contributed by atoms with Crippen LogP contribution in [0.1, 0.15) is 16.1 Å². The summed E-state index contributed by atoms with van der Waals surface area (Å²) in [6.45, 7) is 0.601. The normalized spacial score (nSPS) is 10.3. The molecule has 1 amide bonds. The lowest BCUT2D eigenvalue weighted by Gasteiger charge is -2.18. The smallest absolute Gasteiger partial charge is 0.276 e. The van der Waals surface area contributed by atoms with Gasteiger partial charge in [-0.2, -0.15) is 0 Å². The number of para-hydroxylation sites is 1. The maximum Gasteiger partial charge on any atom is 0.276 e. The van der Waals surface area contributed by atoms with Crippen LogP contribution in [0.25, 0.3) is 0 Å². The summed E-state index contributed by atoms with van der Waals surface area (Å²) in [5.41, 5.74) is 1.98. The van der Waals surface area contributed by atoms with Gasteiger partial charge in [0.1, 0.15) is 0 Å². The molecule has 0 aliphatic carbocycles. The lowest BCUT2D eigenvalue weighted by molar-refractivity contribution is 0.102. The SMILES string of the molecule is CN(Cc1ccccc1Cl)c1ccc(C(=O)Nc2ccccc2)nn1. The van der Waals surface area contributed by atoms with Gasteiger partial charge in [-0.15, -0.1) is 10.2 Å². The van der Waals surface area contributed by atoms with Crippen LogP contribution in [0.15, 0.2) is 66.7 Å². The summed E-state index contributed by atoms with van der Waals surface area (Å²) in [5.74, 6) is 0.371. The fraction of sp³-hybridized carbons (Fsp3) is 0.105. The van der Waals surface area contributed by atoms with Gasteiger partial charge in [0.2, 0.25) is 0 Å². The number of nitrogens with one attached hydrogen (secondary N) is 1. The number of hydrogen-bond donors (Lipinski definition) is 1. The minimum absolute atomic E-state index is 0.263. The Morgan fingerprint density at radius 3 is 2.40 bits per heavy atom. The Balaban J connectivity index is 1.67. The van der Waals surface area contributed by atoms with Gasteiger partial charge in [-0.05, 0) is 35.9 Å². The Hall–Kier alpha value is -2.92. The molecule has 0 radical (unpaired) electrons. The van der Waals surface area contributed by atoms with Crippen molar-refractivity contribution in [1.29, 1.82) is 0 Å². The van der Waals surface area contributed by atoms with Crippen molar-refractivity contribution in [2.75, 3.05) is 17.3 Å². The Morgan fingerprint density at radius 1 is 1.00 bits per heavy atom. The molecular weight excluding hydrogens is 336 g/mol. The van der Waals surface area contributed by atoms with E-state index in [1.807, 2.05) is 66.5 Å². The molecule has 3 rings (SSSR count). The van der Waals surface area contributed by atoms with Gasteiger partial charge in [-0.3, -0.25) is 4.79 Å². The zero-order chi connectivity index (χ0) is 17.6. The van der Waals surface area contributed by atoms with Crippen LogP contribution >= 0.6 is 11.6 Å². The van der Waals surface area contributed by atoms with Gasteiger partial charge in [0, 0.05) is 24.3 Å². The molecule has 126 valence electrons. The monoisotopic (exact) mass is 352 g/mol. The molecule has 0 saturated heterocycles. The molecule has 0 fully saturated rings. The molecule has 25 heavy (non-hydrogen) atoms. The Labute approximate surface area is 151 Å². The quantitative estimate of drug-likeness (QED) is 0.753. The highest BCUT2D eigenvalue weighted by Crippen LogP contribution is 2.19. The third-order valence-electron chi connectivity index (χ3n) is 3.67. The molecule has 1 N–H and O–H groups in total. The summed E-state index contributed by atoms with van der Waals surface area (Å²) in [6, 6.07) is 20.3. The van der Waals surface area contributed by atoms with Gasteiger partial charge in [-0.25, -0.2) is 0 Å². The van der Waals surface area contributed by atoms with Crippen molar-refractivity contribution in [2.45, 2.75) is 6.54 Å². The summed E-state index contributed by atoms with van der Waals surface area (Å²) < 4.78 is 0. The molecule has 0 saturated carbocycles. The molecule has 0 unspecified atom stereocenters. The van der Waals surface area contributed by atoms with E-state index in [4.69, 9.17) is 11.6 Å². The Kier molecular flexibility index (Phi) is 5.26. The molecule has 0 spiro atoms. The van der Waals surface area contributed by atoms with Crippen LogP contribution in [0.5, 0.6) is 0 Å². The number of hydrogen-bond acceptors (Lipinski definition) is 4. The minimum atomic E-state index is -0.293. The zero-order valence-corrected chi connectivity index (χ0v) is 14.4. The van der Waals surface area contributed by atoms with Gasteiger partial charge >= 0.3 is 0 Å². The maximum atomic E-state index is 12.2. The third-order valence-corrected chi connectivity index (χ3v) is 4.04. The lowest BCUT2D eigenvalue weighted by Crippen LogP contribution is -2.20. The van der Waals surface area contributed by atoms with E-state index in [9.17, 15) is 4.79 Å². The van der Waals surface area contributed by atoms with Crippen LogP contribution in [-0.2, 0) is 6.54 Å². The first-order chi connectivity index (χ1) is 12.1. The van der Waals surface area contributed by atoms with E-state index >= 15 is 0 Å². The number of carbonyl (C=O) groups excluding carboxylic acids is 1. The summed E-state index contributed by atoms with van der Waals surface area (Å²) in [7, 11) is 1.90. The van der Waals surface area contributed by atoms with Crippen molar-refractivity contribution >= 4 is 29.0 Å². The van der Waals surface area contributed by atoms with E-state index < -0.39 is 0 Å². The molecule has 0 aliphatic rings. The highest BCUT2D eigenvalue weighted by atomic mass is 35.5. The van der Waals surface area contributed by atoms with Crippen molar-refractivity contribution in [2.24, 2.45) is 0 Å². The molecule has 3 aromatic rings. The summed E-state index contributed by atoms with van der Waals surface area (Å²) >= 11 is 6.18. The van der Waals surface area contributed by atoms with Crippen LogP contribution in [0.2, 0.25) is 5.02 Å². The van der Waals surface area contributed by atoms with Crippen molar-refractivity contribution in [3.63, 3.8) is 0 Å². The number of carbonyl (C=O) groups is 1. The molecule has 0 aliphatic heterocycles. The van der Waals surface area contributed by atoms with Crippen LogP contribution in [-0.4, -0.2) is 23.2 Å². The predicted molar refractivity (Wildman–Crippen MR) is 100.0 cm³/mol. The molecule has 1 aromatic heterocycles. The van der Waals surface area contributed by atoms with Gasteiger partial charge in [0.25, 0.3) is 5.91 Å². The highest BCUT2D eigenvalue weighted by Gasteiger charge is 2.11. The minimum Gasteiger partial charge on any atom is -0.354 e. The average Bonchev–Trinajstić information content (AvgIpc) is 2.64. The topological polar surface area (TPSA) is 58.1 Å². The number of rotatable bonds is 5. The van der Waals surface area contributed by atoms with E-state index in [0.717, 1.165) is 5.56 Å². The average molecular weight is 353 g/mol. The molecule has 2 aromatic carbocycles. The number of amides is 1. The molecule has 0 bridgehead atoms. The van der Waals surface area contributed by atoms with E-state index in [1.54, 1.807) is 12.1 Å². The van der Waals surface area contributed by atoms with Crippen LogP contribution in [0.3, 0.4) is 0 Å². The standard InChI is InChI=1S/C19H17ClN4O/c1-24(13-14-7-5-6-10-16(14)20)18-12-11-17(22-23-18)19(25)21-15-8-3-2-4-9-15/h2-12H,13H2,1H3,(H,21,25). The van der Waals surface area contributed by atoms with E-state index in [1.165, 1.54) is 0 Å². The molecule has 0 atom stereocenters. The third kappa shape index (κ3) is 4.33. The molecule has 1 heterocycles. The van der Waals surface area contributed by atoms with Crippen molar-refractivity contribution < 1.29 is 4.79 Å². The predicted octanol–water partition coefficient (Wildman–Crippen LogP) is 4.02. The second-order valence-electron chi connectivity index (χ2n) is 5.54. The van der Waals surface area contributed by atoms with Crippen molar-refractivity contribution in [3.8, 4) is 0 Å². The maximum absolute atomic E-state index is 12.2. The summed E-state index contributed by atoms with van der Waals surface area (Å²) in [6.07, 6.45) is 0. The Morgan fingerprint density at radius 2 is 1.72 bits per heavy atom. The van der Waals surface area contributed by atoms with Crippen LogP contribution in [0, 0.1) is 0 Å². The lowest BCUT2D eigenvalue weighted by atomic mass is 10.2. The number of anilines is 2. The van der Waals surface area contributed by atoms with Crippen molar-refractivity contribution in [3.05, 3.63) is 83.0 Å². The first-order valence-electron chi connectivity index (χ1n) is 7.78. The number of halogens is 1. The van der Waals surface area contributed by atoms with Gasteiger partial charge in [0.05, 0.1) is 0 Å². The first-order valence-corrected chi connectivity index (χ1v) is 8.16. The first kappa shape index (κ1) is 16.9. The molecule has 6 heteroatoms. The van der Waals surface area contributed by atoms with E-state index in [0.29, 0.717) is 23.1 Å². The van der Waals surface area contributed by atoms with Crippen LogP contribution in [0.4, 0.5) is 11.5 Å². The van der Waals surface area contributed by atoms with Gasteiger partial charge in [-0.1, -0.05) is 48.0 Å². The van der Waals surface area contributed by atoms with Crippen LogP contribution < -0.4 is 10.2 Å².